The Morgan fingerprint density at radius 1 is 1.04 bits per heavy atom. The normalized spacial score (nSPS) is 10.3. The Bertz CT molecular complexity index is 790. The Hall–Kier alpha value is -2.39. The molecule has 0 aliphatic rings. The third kappa shape index (κ3) is 7.79. The number of amides is 3. The molecule has 0 fully saturated rings. The van der Waals surface area contributed by atoms with Gasteiger partial charge in [0, 0.05) is 35.9 Å². The SMILES string of the molecule is CCCC(=O)Nc1nc(CSCC(=O)Nc2ccc(NC(C)=O)cc2)cs1. The quantitative estimate of drug-likeness (QED) is 0.589. The van der Waals surface area contributed by atoms with Crippen LogP contribution in [0.4, 0.5) is 16.5 Å². The highest BCUT2D eigenvalue weighted by Crippen LogP contribution is 2.20. The predicted octanol–water partition coefficient (Wildman–Crippen LogP) is 3.71. The highest BCUT2D eigenvalue weighted by Gasteiger charge is 2.08. The van der Waals surface area contributed by atoms with Crippen LogP contribution >= 0.6 is 23.1 Å². The summed E-state index contributed by atoms with van der Waals surface area (Å²) in [5.74, 6) is 0.601. The van der Waals surface area contributed by atoms with Crippen LogP contribution in [0.2, 0.25) is 0 Å². The van der Waals surface area contributed by atoms with Gasteiger partial charge in [0.25, 0.3) is 0 Å². The van der Waals surface area contributed by atoms with E-state index in [0.717, 1.165) is 12.1 Å². The number of thioether (sulfide) groups is 1. The molecule has 144 valence electrons. The lowest BCUT2D eigenvalue weighted by atomic mass is 10.3. The van der Waals surface area contributed by atoms with E-state index in [1.54, 1.807) is 24.3 Å². The van der Waals surface area contributed by atoms with Gasteiger partial charge >= 0.3 is 0 Å². The molecule has 9 heteroatoms. The molecule has 0 radical (unpaired) electrons. The second kappa shape index (κ2) is 10.7. The zero-order valence-electron chi connectivity index (χ0n) is 15.2. The maximum Gasteiger partial charge on any atom is 0.234 e. The van der Waals surface area contributed by atoms with Gasteiger partial charge < -0.3 is 16.0 Å². The molecule has 0 spiro atoms. The number of hydrogen-bond donors (Lipinski definition) is 3. The first-order chi connectivity index (χ1) is 13.0. The van der Waals surface area contributed by atoms with Crippen LogP contribution in [-0.4, -0.2) is 28.5 Å². The van der Waals surface area contributed by atoms with Crippen molar-refractivity contribution in [2.24, 2.45) is 0 Å². The number of carbonyl (C=O) groups is 3. The van der Waals surface area contributed by atoms with Crippen molar-refractivity contribution in [3.05, 3.63) is 35.3 Å². The van der Waals surface area contributed by atoms with Crippen molar-refractivity contribution in [3.63, 3.8) is 0 Å². The Balaban J connectivity index is 1.72. The van der Waals surface area contributed by atoms with Crippen LogP contribution < -0.4 is 16.0 Å². The molecule has 0 unspecified atom stereocenters. The second-order valence-corrected chi connectivity index (χ2v) is 7.59. The van der Waals surface area contributed by atoms with E-state index < -0.39 is 0 Å². The van der Waals surface area contributed by atoms with Crippen molar-refractivity contribution in [3.8, 4) is 0 Å². The number of carbonyl (C=O) groups excluding carboxylic acids is 3. The summed E-state index contributed by atoms with van der Waals surface area (Å²) in [6, 6.07) is 6.93. The summed E-state index contributed by atoms with van der Waals surface area (Å²) in [5, 5.41) is 10.7. The molecular weight excluding hydrogens is 384 g/mol. The maximum absolute atomic E-state index is 12.0. The van der Waals surface area contributed by atoms with Crippen LogP contribution in [0.25, 0.3) is 0 Å². The zero-order chi connectivity index (χ0) is 19.6. The molecule has 7 nitrogen and oxygen atoms in total. The van der Waals surface area contributed by atoms with E-state index in [2.05, 4.69) is 20.9 Å². The molecule has 0 atom stereocenters. The molecule has 1 aromatic carbocycles. The largest absolute Gasteiger partial charge is 0.326 e. The fraction of sp³-hybridized carbons (Fsp3) is 0.333. The van der Waals surface area contributed by atoms with Crippen LogP contribution in [0.15, 0.2) is 29.6 Å². The van der Waals surface area contributed by atoms with Crippen molar-refractivity contribution in [2.45, 2.75) is 32.4 Å². The van der Waals surface area contributed by atoms with E-state index in [1.807, 2.05) is 12.3 Å². The molecule has 0 aliphatic carbocycles. The third-order valence-electron chi connectivity index (χ3n) is 3.25. The fourth-order valence-corrected chi connectivity index (χ4v) is 3.67. The minimum Gasteiger partial charge on any atom is -0.326 e. The van der Waals surface area contributed by atoms with Crippen LogP contribution in [0.5, 0.6) is 0 Å². The Morgan fingerprint density at radius 3 is 2.33 bits per heavy atom. The highest BCUT2D eigenvalue weighted by atomic mass is 32.2. The summed E-state index contributed by atoms with van der Waals surface area (Å²) in [6.45, 7) is 3.39. The summed E-state index contributed by atoms with van der Waals surface area (Å²) in [5.41, 5.74) is 2.19. The van der Waals surface area contributed by atoms with E-state index in [-0.39, 0.29) is 17.7 Å². The van der Waals surface area contributed by atoms with Crippen molar-refractivity contribution in [1.29, 1.82) is 0 Å². The molecule has 27 heavy (non-hydrogen) atoms. The van der Waals surface area contributed by atoms with Crippen molar-refractivity contribution >= 4 is 57.3 Å². The lowest BCUT2D eigenvalue weighted by molar-refractivity contribution is -0.116. The summed E-state index contributed by atoms with van der Waals surface area (Å²) < 4.78 is 0. The monoisotopic (exact) mass is 406 g/mol. The maximum atomic E-state index is 12.0. The van der Waals surface area contributed by atoms with Crippen LogP contribution in [0, 0.1) is 0 Å². The molecule has 3 N–H and O–H groups in total. The average molecular weight is 407 g/mol. The second-order valence-electron chi connectivity index (χ2n) is 5.74. The van der Waals surface area contributed by atoms with Gasteiger partial charge in [0.2, 0.25) is 17.7 Å². The first-order valence-corrected chi connectivity index (χ1v) is 10.5. The summed E-state index contributed by atoms with van der Waals surface area (Å²) >= 11 is 2.83. The van der Waals surface area contributed by atoms with E-state index >= 15 is 0 Å². The highest BCUT2D eigenvalue weighted by molar-refractivity contribution is 7.99. The van der Waals surface area contributed by atoms with Gasteiger partial charge in [-0.2, -0.15) is 0 Å². The van der Waals surface area contributed by atoms with E-state index in [4.69, 9.17) is 0 Å². The molecule has 1 aromatic heterocycles. The van der Waals surface area contributed by atoms with Gasteiger partial charge in [-0.25, -0.2) is 4.98 Å². The third-order valence-corrected chi connectivity index (χ3v) is 5.02. The molecular formula is C18H22N4O3S2. The van der Waals surface area contributed by atoms with Crippen LogP contribution in [0.1, 0.15) is 32.4 Å². The zero-order valence-corrected chi connectivity index (χ0v) is 16.8. The number of benzene rings is 1. The Kier molecular flexibility index (Phi) is 8.28. The molecule has 0 bridgehead atoms. The lowest BCUT2D eigenvalue weighted by Gasteiger charge is -2.06. The molecule has 1 heterocycles. The van der Waals surface area contributed by atoms with Gasteiger partial charge in [-0.15, -0.1) is 23.1 Å². The molecule has 2 aromatic rings. The first kappa shape index (κ1) is 20.9. The minimum absolute atomic E-state index is 0.0325. The van der Waals surface area contributed by atoms with E-state index in [0.29, 0.717) is 34.4 Å². The molecule has 0 saturated heterocycles. The summed E-state index contributed by atoms with van der Waals surface area (Å²) in [4.78, 5) is 38.9. The first-order valence-electron chi connectivity index (χ1n) is 8.45. The van der Waals surface area contributed by atoms with Gasteiger partial charge in [-0.1, -0.05) is 6.92 Å². The lowest BCUT2D eigenvalue weighted by Crippen LogP contribution is -2.14. The molecule has 0 aliphatic heterocycles. The number of thiazole rings is 1. The van der Waals surface area contributed by atoms with Gasteiger partial charge in [-0.05, 0) is 30.7 Å². The molecule has 3 amide bonds. The van der Waals surface area contributed by atoms with Gasteiger partial charge in [0.15, 0.2) is 5.13 Å². The summed E-state index contributed by atoms with van der Waals surface area (Å²) in [6.07, 6.45) is 1.28. The molecule has 0 saturated carbocycles. The van der Waals surface area contributed by atoms with Gasteiger partial charge in [-0.3, -0.25) is 14.4 Å². The summed E-state index contributed by atoms with van der Waals surface area (Å²) in [7, 11) is 0. The van der Waals surface area contributed by atoms with Crippen molar-refractivity contribution in [2.75, 3.05) is 21.7 Å². The fourth-order valence-electron chi connectivity index (χ4n) is 2.13. The number of rotatable bonds is 9. The standard InChI is InChI=1S/C18H22N4O3S2/c1-3-4-16(24)22-18-21-15(10-27-18)9-26-11-17(25)20-14-7-5-13(6-8-14)19-12(2)23/h5-8,10H,3-4,9,11H2,1-2H3,(H,19,23)(H,20,25)(H,21,22,24). The number of hydrogen-bond acceptors (Lipinski definition) is 6. The Labute approximate surface area is 166 Å². The van der Waals surface area contributed by atoms with Gasteiger partial charge in [0.05, 0.1) is 11.4 Å². The van der Waals surface area contributed by atoms with Gasteiger partial charge in [0.1, 0.15) is 0 Å². The minimum atomic E-state index is -0.140. The number of nitrogens with one attached hydrogen (secondary N) is 3. The molecule has 2 rings (SSSR count). The van der Waals surface area contributed by atoms with E-state index in [1.165, 1.54) is 30.0 Å². The van der Waals surface area contributed by atoms with Crippen LogP contribution in [0.3, 0.4) is 0 Å². The predicted molar refractivity (Wildman–Crippen MR) is 111 cm³/mol. The van der Waals surface area contributed by atoms with Crippen molar-refractivity contribution in [1.82, 2.24) is 4.98 Å². The smallest absolute Gasteiger partial charge is 0.234 e. The topological polar surface area (TPSA) is 100 Å². The average Bonchev–Trinajstić information content (AvgIpc) is 3.03. The van der Waals surface area contributed by atoms with Crippen molar-refractivity contribution < 1.29 is 14.4 Å². The Morgan fingerprint density at radius 2 is 1.70 bits per heavy atom. The number of nitrogens with zero attached hydrogens (tertiary/aromatic N) is 1. The number of anilines is 3. The van der Waals surface area contributed by atoms with E-state index in [9.17, 15) is 14.4 Å². The van der Waals surface area contributed by atoms with Crippen LogP contribution in [-0.2, 0) is 20.1 Å². The number of aromatic nitrogens is 1.